The van der Waals surface area contributed by atoms with E-state index in [1.807, 2.05) is 30.3 Å². The number of carbonyl (C=O) groups is 3. The molecule has 14 heteroatoms. The van der Waals surface area contributed by atoms with E-state index in [4.69, 9.17) is 35.3 Å². The monoisotopic (exact) mass is 762 g/mol. The van der Waals surface area contributed by atoms with Gasteiger partial charge in [0.25, 0.3) is 5.91 Å². The Kier molecular flexibility index (Phi) is 12.1. The number of nitrogens with zero attached hydrogens (tertiary/aromatic N) is 1. The van der Waals surface area contributed by atoms with Crippen molar-refractivity contribution in [1.29, 1.82) is 0 Å². The molecule has 46 heavy (non-hydrogen) atoms. The molecule has 1 aliphatic rings. The number of amides is 3. The lowest BCUT2D eigenvalue weighted by atomic mass is 9.95. The van der Waals surface area contributed by atoms with Gasteiger partial charge in [-0.15, -0.1) is 0 Å². The van der Waals surface area contributed by atoms with E-state index < -0.39 is 23.9 Å². The van der Waals surface area contributed by atoms with Crippen LogP contribution in [0.1, 0.15) is 36.6 Å². The van der Waals surface area contributed by atoms with E-state index in [0.717, 1.165) is 9.13 Å². The van der Waals surface area contributed by atoms with E-state index in [-0.39, 0.29) is 36.9 Å². The molecule has 3 aromatic carbocycles. The summed E-state index contributed by atoms with van der Waals surface area (Å²) in [6.45, 7) is 3.31. The quantitative estimate of drug-likeness (QED) is 0.0926. The molecule has 1 aliphatic heterocycles. The van der Waals surface area contributed by atoms with Gasteiger partial charge >= 0.3 is 12.0 Å². The average Bonchev–Trinajstić information content (AvgIpc) is 3.03. The van der Waals surface area contributed by atoms with E-state index in [0.29, 0.717) is 33.3 Å². The summed E-state index contributed by atoms with van der Waals surface area (Å²) in [4.78, 5) is 37.5. The topological polar surface area (TPSA) is 146 Å². The van der Waals surface area contributed by atoms with Crippen molar-refractivity contribution in [1.82, 2.24) is 16.1 Å². The van der Waals surface area contributed by atoms with Crippen molar-refractivity contribution >= 4 is 58.3 Å². The molecule has 4 rings (SSSR count). The molecular formula is C32H32ClIN4O8. The molecule has 3 aromatic rings. The molecule has 12 nitrogen and oxygen atoms in total. The second-order valence-electron chi connectivity index (χ2n) is 9.69. The molecule has 1 atom stereocenters. The van der Waals surface area contributed by atoms with Gasteiger partial charge in [0, 0.05) is 25.4 Å². The first-order valence-corrected chi connectivity index (χ1v) is 15.4. The summed E-state index contributed by atoms with van der Waals surface area (Å²) < 4.78 is 28.8. The van der Waals surface area contributed by atoms with E-state index in [9.17, 15) is 14.4 Å². The van der Waals surface area contributed by atoms with Crippen molar-refractivity contribution in [2.24, 2.45) is 5.10 Å². The molecule has 242 valence electrons. The Labute approximate surface area is 284 Å². The van der Waals surface area contributed by atoms with Gasteiger partial charge in [-0.05, 0) is 72.3 Å². The summed E-state index contributed by atoms with van der Waals surface area (Å²) in [5.74, 6) is 0.386. The first-order chi connectivity index (χ1) is 22.1. The molecule has 0 unspecified atom stereocenters. The van der Waals surface area contributed by atoms with Crippen LogP contribution in [-0.2, 0) is 20.9 Å². The van der Waals surface area contributed by atoms with E-state index in [1.165, 1.54) is 20.4 Å². The van der Waals surface area contributed by atoms with Crippen LogP contribution in [0, 0.1) is 3.57 Å². The van der Waals surface area contributed by atoms with Gasteiger partial charge in [0.15, 0.2) is 29.6 Å². The first kappa shape index (κ1) is 34.4. The fourth-order valence-corrected chi connectivity index (χ4v) is 5.32. The van der Waals surface area contributed by atoms with Crippen LogP contribution in [0.15, 0.2) is 71.0 Å². The highest BCUT2D eigenvalue weighted by Gasteiger charge is 2.32. The number of hydrazone groups is 1. The van der Waals surface area contributed by atoms with Gasteiger partial charge in [-0.3, -0.25) is 4.79 Å². The molecule has 3 N–H and O–H groups in total. The van der Waals surface area contributed by atoms with Crippen LogP contribution in [-0.4, -0.2) is 51.6 Å². The van der Waals surface area contributed by atoms with E-state index in [1.54, 1.807) is 38.1 Å². The lowest BCUT2D eigenvalue weighted by molar-refractivity contribution is -0.139. The van der Waals surface area contributed by atoms with Crippen molar-refractivity contribution in [3.8, 4) is 23.0 Å². The number of benzene rings is 3. The number of hydrogen-bond donors (Lipinski definition) is 3. The number of esters is 1. The summed E-state index contributed by atoms with van der Waals surface area (Å²) in [7, 11) is 2.97. The lowest BCUT2D eigenvalue weighted by Crippen LogP contribution is -2.45. The molecule has 0 bridgehead atoms. The molecule has 0 radical (unpaired) electrons. The maximum atomic E-state index is 12.6. The molecule has 0 spiro atoms. The SMILES string of the molecule is CCOC(=O)C1=C(C)NC(=O)N[C@H]1c1ccc(OCC(=O)N/N=C/c2cc(I)cc(OC)c2OCc2ccccc2Cl)c(OC)c1. The highest BCUT2D eigenvalue weighted by molar-refractivity contribution is 14.1. The Morgan fingerprint density at radius 2 is 1.80 bits per heavy atom. The van der Waals surface area contributed by atoms with Crippen molar-refractivity contribution < 1.29 is 38.1 Å². The summed E-state index contributed by atoms with van der Waals surface area (Å²) in [6.07, 6.45) is 1.45. The third kappa shape index (κ3) is 8.60. The standard InChI is InChI=1S/C32H32ClIN4O8/c1-5-44-31(40)28-18(2)36-32(41)37-29(28)19-10-11-24(25(13-19)42-3)45-17-27(39)38-35-15-21-12-22(34)14-26(43-4)30(21)46-16-20-8-6-7-9-23(20)33/h6-15,29H,5,16-17H2,1-4H3,(H,38,39)(H2,36,37,41)/b35-15+/t29-/m0/s1. The predicted molar refractivity (Wildman–Crippen MR) is 179 cm³/mol. The average molecular weight is 763 g/mol. The van der Waals surface area contributed by atoms with Crippen LogP contribution in [0.3, 0.4) is 0 Å². The van der Waals surface area contributed by atoms with Gasteiger partial charge in [0.2, 0.25) is 0 Å². The molecule has 1 heterocycles. The minimum Gasteiger partial charge on any atom is -0.493 e. The van der Waals surface area contributed by atoms with Gasteiger partial charge in [-0.2, -0.15) is 5.10 Å². The lowest BCUT2D eigenvalue weighted by Gasteiger charge is -2.28. The fourth-order valence-electron chi connectivity index (χ4n) is 4.51. The number of methoxy groups -OCH3 is 2. The zero-order valence-electron chi connectivity index (χ0n) is 25.4. The molecule has 3 amide bonds. The van der Waals surface area contributed by atoms with Crippen LogP contribution < -0.4 is 35.0 Å². The summed E-state index contributed by atoms with van der Waals surface area (Å²) >= 11 is 8.43. The zero-order valence-corrected chi connectivity index (χ0v) is 28.4. The Bertz CT molecular complexity index is 1680. The van der Waals surface area contributed by atoms with Crippen LogP contribution in [0.25, 0.3) is 0 Å². The first-order valence-electron chi connectivity index (χ1n) is 14.0. The predicted octanol–water partition coefficient (Wildman–Crippen LogP) is 5.26. The largest absolute Gasteiger partial charge is 0.493 e. The number of allylic oxidation sites excluding steroid dienone is 1. The van der Waals surface area contributed by atoms with Gasteiger partial charge in [0.05, 0.1) is 38.7 Å². The van der Waals surface area contributed by atoms with Crippen LogP contribution in [0.2, 0.25) is 5.02 Å². The van der Waals surface area contributed by atoms with Crippen molar-refractivity contribution in [3.05, 3.63) is 91.2 Å². The summed E-state index contributed by atoms with van der Waals surface area (Å²) in [5, 5.41) is 9.98. The Morgan fingerprint density at radius 1 is 1.04 bits per heavy atom. The Morgan fingerprint density at radius 3 is 2.52 bits per heavy atom. The van der Waals surface area contributed by atoms with E-state index in [2.05, 4.69) is 43.8 Å². The fraction of sp³-hybridized carbons (Fsp3) is 0.250. The Hall–Kier alpha value is -4.50. The number of halogens is 2. The second kappa shape index (κ2) is 16.2. The van der Waals surface area contributed by atoms with E-state index >= 15 is 0 Å². The smallest absolute Gasteiger partial charge is 0.338 e. The number of ether oxygens (including phenoxy) is 5. The number of carbonyl (C=O) groups excluding carboxylic acids is 3. The maximum absolute atomic E-state index is 12.6. The van der Waals surface area contributed by atoms with Crippen molar-refractivity contribution in [2.75, 3.05) is 27.4 Å². The number of hydrogen-bond acceptors (Lipinski definition) is 9. The number of rotatable bonds is 13. The highest BCUT2D eigenvalue weighted by atomic mass is 127. The van der Waals surface area contributed by atoms with Crippen LogP contribution in [0.4, 0.5) is 4.79 Å². The van der Waals surface area contributed by atoms with Crippen molar-refractivity contribution in [3.63, 3.8) is 0 Å². The summed E-state index contributed by atoms with van der Waals surface area (Å²) in [5.41, 5.74) is 5.01. The molecule has 0 saturated heterocycles. The van der Waals surface area contributed by atoms with Crippen LogP contribution in [0.5, 0.6) is 23.0 Å². The Balaban J connectivity index is 1.43. The normalized spacial score (nSPS) is 14.3. The van der Waals surface area contributed by atoms with Crippen molar-refractivity contribution in [2.45, 2.75) is 26.5 Å². The third-order valence-corrected chi connectivity index (χ3v) is 7.63. The third-order valence-electron chi connectivity index (χ3n) is 6.64. The maximum Gasteiger partial charge on any atom is 0.338 e. The second-order valence-corrected chi connectivity index (χ2v) is 11.3. The van der Waals surface area contributed by atoms with Gasteiger partial charge in [0.1, 0.15) is 6.61 Å². The molecule has 0 fully saturated rings. The highest BCUT2D eigenvalue weighted by Crippen LogP contribution is 2.35. The molecular weight excluding hydrogens is 731 g/mol. The molecule has 0 aliphatic carbocycles. The van der Waals surface area contributed by atoms with Gasteiger partial charge in [-0.25, -0.2) is 15.0 Å². The van der Waals surface area contributed by atoms with Gasteiger partial charge < -0.3 is 34.3 Å². The minimum atomic E-state index is -0.786. The summed E-state index contributed by atoms with van der Waals surface area (Å²) in [6, 6.07) is 14.6. The van der Waals surface area contributed by atoms with Gasteiger partial charge in [-0.1, -0.05) is 35.9 Å². The number of nitrogens with one attached hydrogen (secondary N) is 3. The molecule has 0 saturated carbocycles. The zero-order chi connectivity index (χ0) is 33.2. The van der Waals surface area contributed by atoms with Crippen LogP contribution >= 0.6 is 34.2 Å². The minimum absolute atomic E-state index is 0.176. The molecule has 0 aromatic heterocycles. The number of urea groups is 1.